The summed E-state index contributed by atoms with van der Waals surface area (Å²) in [7, 11) is 0. The molecule has 3 amide bonds. The number of ether oxygens (including phenoxy) is 1. The van der Waals surface area contributed by atoms with Crippen LogP contribution in [0, 0.1) is 17.0 Å². The Morgan fingerprint density at radius 3 is 2.50 bits per heavy atom. The first-order chi connectivity index (χ1) is 12.3. The normalized spacial score (nSPS) is 13.7. The molecule has 138 valence electrons. The number of nitro groups is 1. The molecule has 0 aromatic heterocycles. The predicted molar refractivity (Wildman–Crippen MR) is 88.0 cm³/mol. The van der Waals surface area contributed by atoms with Crippen LogP contribution in [-0.4, -0.2) is 46.7 Å². The molecule has 1 heterocycles. The number of aryl methyl sites for hydroxylation is 1. The van der Waals surface area contributed by atoms with E-state index in [1.165, 1.54) is 18.2 Å². The number of carbonyl (C=O) groups is 4. The summed E-state index contributed by atoms with van der Waals surface area (Å²) in [5, 5.41) is 13.2. The maximum Gasteiger partial charge on any atom is 0.308 e. The highest BCUT2D eigenvalue weighted by molar-refractivity contribution is 6.02. The third kappa shape index (κ3) is 4.85. The third-order valence-electron chi connectivity index (χ3n) is 3.75. The van der Waals surface area contributed by atoms with E-state index in [4.69, 9.17) is 4.74 Å². The first-order valence-corrected chi connectivity index (χ1v) is 7.81. The molecule has 1 aromatic rings. The number of anilines is 1. The van der Waals surface area contributed by atoms with Gasteiger partial charge in [-0.05, 0) is 18.6 Å². The molecule has 0 atom stereocenters. The molecule has 0 radical (unpaired) electrons. The number of benzene rings is 1. The first-order valence-electron chi connectivity index (χ1n) is 7.81. The second kappa shape index (κ2) is 8.19. The van der Waals surface area contributed by atoms with Crippen LogP contribution in [0.5, 0.6) is 0 Å². The van der Waals surface area contributed by atoms with E-state index in [1.54, 1.807) is 6.92 Å². The van der Waals surface area contributed by atoms with Crippen molar-refractivity contribution in [2.45, 2.75) is 26.2 Å². The molecule has 1 saturated heterocycles. The van der Waals surface area contributed by atoms with Crippen molar-refractivity contribution >= 4 is 35.1 Å². The number of hydrogen-bond acceptors (Lipinski definition) is 7. The van der Waals surface area contributed by atoms with Crippen LogP contribution in [0.4, 0.5) is 11.4 Å². The molecule has 10 nitrogen and oxygen atoms in total. The minimum Gasteiger partial charge on any atom is -0.456 e. The van der Waals surface area contributed by atoms with E-state index in [0.717, 1.165) is 4.90 Å². The molecule has 0 saturated carbocycles. The number of nitrogens with zero attached hydrogens (tertiary/aromatic N) is 2. The number of nitro benzene ring substituents is 1. The Hall–Kier alpha value is -3.30. The second-order valence-electron chi connectivity index (χ2n) is 5.65. The third-order valence-corrected chi connectivity index (χ3v) is 3.75. The Balaban J connectivity index is 1.78. The van der Waals surface area contributed by atoms with Crippen LogP contribution >= 0.6 is 0 Å². The quantitative estimate of drug-likeness (QED) is 0.329. The van der Waals surface area contributed by atoms with E-state index in [0.29, 0.717) is 11.3 Å². The summed E-state index contributed by atoms with van der Waals surface area (Å²) < 4.78 is 4.80. The molecule has 1 aliphatic rings. The molecule has 1 fully saturated rings. The van der Waals surface area contributed by atoms with E-state index in [2.05, 4.69) is 5.32 Å². The van der Waals surface area contributed by atoms with Gasteiger partial charge in [-0.25, -0.2) is 0 Å². The van der Waals surface area contributed by atoms with E-state index in [1.807, 2.05) is 0 Å². The van der Waals surface area contributed by atoms with E-state index < -0.39 is 23.4 Å². The van der Waals surface area contributed by atoms with Crippen LogP contribution < -0.4 is 5.32 Å². The minimum atomic E-state index is -0.715. The maximum absolute atomic E-state index is 11.8. The number of carbonyl (C=O) groups excluding carboxylic acids is 4. The van der Waals surface area contributed by atoms with Crippen LogP contribution in [0.1, 0.15) is 24.8 Å². The topological polar surface area (TPSA) is 136 Å². The van der Waals surface area contributed by atoms with Gasteiger partial charge in [0.1, 0.15) is 0 Å². The predicted octanol–water partition coefficient (Wildman–Crippen LogP) is 0.924. The number of amides is 3. The lowest BCUT2D eigenvalue weighted by Gasteiger charge is -2.13. The van der Waals surface area contributed by atoms with Crippen LogP contribution in [0.2, 0.25) is 0 Å². The van der Waals surface area contributed by atoms with Gasteiger partial charge in [-0.15, -0.1) is 0 Å². The van der Waals surface area contributed by atoms with Crippen LogP contribution in [0.15, 0.2) is 18.2 Å². The molecular weight excluding hydrogens is 346 g/mol. The van der Waals surface area contributed by atoms with Gasteiger partial charge < -0.3 is 10.1 Å². The molecule has 10 heteroatoms. The van der Waals surface area contributed by atoms with Crippen molar-refractivity contribution in [2.24, 2.45) is 0 Å². The van der Waals surface area contributed by atoms with Crippen molar-refractivity contribution in [1.29, 1.82) is 0 Å². The molecule has 1 N–H and O–H groups in total. The van der Waals surface area contributed by atoms with Gasteiger partial charge in [-0.1, -0.05) is 0 Å². The van der Waals surface area contributed by atoms with Gasteiger partial charge in [0.25, 0.3) is 11.6 Å². The highest BCUT2D eigenvalue weighted by Gasteiger charge is 2.29. The summed E-state index contributed by atoms with van der Waals surface area (Å²) in [5.41, 5.74) is 0.757. The first kappa shape index (κ1) is 19.0. The summed E-state index contributed by atoms with van der Waals surface area (Å²) in [6.45, 7) is 0.982. The molecule has 0 aliphatic carbocycles. The standard InChI is InChI=1S/C16H17N3O7/c1-10-8-11(19(24)25)2-3-12(10)17-13(20)9-26-16(23)6-7-18-14(21)4-5-15(18)22/h2-3,8H,4-7,9H2,1H3,(H,17,20). The highest BCUT2D eigenvalue weighted by atomic mass is 16.6. The maximum atomic E-state index is 11.8. The molecule has 1 aromatic carbocycles. The fraction of sp³-hybridized carbons (Fsp3) is 0.375. The van der Waals surface area contributed by atoms with E-state index >= 15 is 0 Å². The van der Waals surface area contributed by atoms with Gasteiger partial charge in [0.15, 0.2) is 6.61 Å². The zero-order valence-electron chi connectivity index (χ0n) is 14.0. The summed E-state index contributed by atoms with van der Waals surface area (Å²) in [6, 6.07) is 3.95. The number of likely N-dealkylation sites (tertiary alicyclic amines) is 1. The second-order valence-corrected chi connectivity index (χ2v) is 5.65. The van der Waals surface area contributed by atoms with E-state index in [-0.39, 0.29) is 43.3 Å². The zero-order chi connectivity index (χ0) is 19.3. The van der Waals surface area contributed by atoms with Crippen molar-refractivity contribution in [1.82, 2.24) is 4.90 Å². The summed E-state index contributed by atoms with van der Waals surface area (Å²) in [6.07, 6.45) is 0.0943. The highest BCUT2D eigenvalue weighted by Crippen LogP contribution is 2.21. The van der Waals surface area contributed by atoms with Crippen molar-refractivity contribution in [3.63, 3.8) is 0 Å². The fourth-order valence-electron chi connectivity index (χ4n) is 2.38. The van der Waals surface area contributed by atoms with Crippen molar-refractivity contribution in [3.05, 3.63) is 33.9 Å². The lowest BCUT2D eigenvalue weighted by atomic mass is 10.2. The summed E-state index contributed by atoms with van der Waals surface area (Å²) >= 11 is 0. The van der Waals surface area contributed by atoms with Crippen molar-refractivity contribution in [3.8, 4) is 0 Å². The largest absolute Gasteiger partial charge is 0.456 e. The lowest BCUT2D eigenvalue weighted by Crippen LogP contribution is -2.32. The number of imide groups is 1. The van der Waals surface area contributed by atoms with Gasteiger partial charge >= 0.3 is 5.97 Å². The van der Waals surface area contributed by atoms with Crippen molar-refractivity contribution < 1.29 is 28.8 Å². The number of esters is 1. The molecule has 0 bridgehead atoms. The van der Waals surface area contributed by atoms with Gasteiger partial charge in [-0.3, -0.25) is 34.2 Å². The number of non-ortho nitro benzene ring substituents is 1. The monoisotopic (exact) mass is 363 g/mol. The summed E-state index contributed by atoms with van der Waals surface area (Å²) in [5.74, 6) is -1.97. The van der Waals surface area contributed by atoms with Crippen LogP contribution in [0.25, 0.3) is 0 Å². The van der Waals surface area contributed by atoms with Crippen LogP contribution in [-0.2, 0) is 23.9 Å². The van der Waals surface area contributed by atoms with Crippen LogP contribution in [0.3, 0.4) is 0 Å². The average molecular weight is 363 g/mol. The number of nitrogens with one attached hydrogen (secondary N) is 1. The molecular formula is C16H17N3O7. The van der Waals surface area contributed by atoms with Gasteiger partial charge in [0.2, 0.25) is 11.8 Å². The van der Waals surface area contributed by atoms with Gasteiger partial charge in [-0.2, -0.15) is 0 Å². The Morgan fingerprint density at radius 2 is 1.92 bits per heavy atom. The lowest BCUT2D eigenvalue weighted by molar-refractivity contribution is -0.384. The molecule has 0 spiro atoms. The smallest absolute Gasteiger partial charge is 0.308 e. The van der Waals surface area contributed by atoms with E-state index in [9.17, 15) is 29.3 Å². The Labute approximate surface area is 148 Å². The molecule has 1 aliphatic heterocycles. The SMILES string of the molecule is Cc1cc([N+](=O)[O-])ccc1NC(=O)COC(=O)CCN1C(=O)CCC1=O. The van der Waals surface area contributed by atoms with Gasteiger partial charge in [0, 0.05) is 37.2 Å². The molecule has 0 unspecified atom stereocenters. The van der Waals surface area contributed by atoms with Gasteiger partial charge in [0.05, 0.1) is 11.3 Å². The Kier molecular flexibility index (Phi) is 5.99. The number of hydrogen-bond donors (Lipinski definition) is 1. The minimum absolute atomic E-state index is 0.0699. The zero-order valence-corrected chi connectivity index (χ0v) is 14.0. The average Bonchev–Trinajstić information content (AvgIpc) is 2.91. The molecule has 2 rings (SSSR count). The number of rotatable bonds is 7. The molecule has 26 heavy (non-hydrogen) atoms. The fourth-order valence-corrected chi connectivity index (χ4v) is 2.38. The van der Waals surface area contributed by atoms with Crippen molar-refractivity contribution in [2.75, 3.05) is 18.5 Å². The Bertz CT molecular complexity index is 759. The Morgan fingerprint density at radius 1 is 1.27 bits per heavy atom. The summed E-state index contributed by atoms with van der Waals surface area (Å²) in [4.78, 5) is 57.4.